The van der Waals surface area contributed by atoms with Gasteiger partial charge in [-0.15, -0.1) is 11.3 Å². The Bertz CT molecular complexity index is 439. The van der Waals surface area contributed by atoms with Gasteiger partial charge in [-0.3, -0.25) is 4.79 Å². The Hall–Kier alpha value is -0.715. The Morgan fingerprint density at radius 2 is 1.82 bits per heavy atom. The summed E-state index contributed by atoms with van der Waals surface area (Å²) in [6, 6.07) is 0. The topological polar surface area (TPSA) is 48.4 Å². The molecule has 1 aromatic heterocycles. The van der Waals surface area contributed by atoms with Crippen LogP contribution in [0.25, 0.3) is 0 Å². The van der Waals surface area contributed by atoms with Crippen LogP contribution >= 0.6 is 11.3 Å². The third-order valence-electron chi connectivity index (χ3n) is 3.32. The Labute approximate surface area is 105 Å². The number of carbonyl (C=O) groups excluding carboxylic acids is 1. The Morgan fingerprint density at radius 1 is 1.29 bits per heavy atom. The number of nitrogens with zero attached hydrogens (tertiary/aromatic N) is 1. The average molecular weight is 253 g/mol. The Balaban J connectivity index is 2.23. The highest BCUT2D eigenvalue weighted by molar-refractivity contribution is 7.12. The van der Waals surface area contributed by atoms with E-state index in [1.54, 1.807) is 0 Å². The van der Waals surface area contributed by atoms with Crippen LogP contribution in [0, 0.1) is 0 Å². The zero-order valence-electron chi connectivity index (χ0n) is 10.7. The molecule has 2 rings (SSSR count). The number of hydrogen-bond donors (Lipinski definition) is 0. The number of Topliss-reactive ketones (excluding diaryl/α,β-unsaturated/α-hetero) is 1. The number of hydrogen-bond acceptors (Lipinski definition) is 5. The predicted octanol–water partition coefficient (Wildman–Crippen LogP) is 1.64. The molecule has 0 spiro atoms. The van der Waals surface area contributed by atoms with Crippen LogP contribution in [0.1, 0.15) is 44.4 Å². The van der Waals surface area contributed by atoms with Crippen molar-refractivity contribution < 1.29 is 14.1 Å². The molecule has 17 heavy (non-hydrogen) atoms. The molecular weight excluding hydrogens is 237 g/mol. The minimum Gasteiger partial charge on any atom is -0.398 e. The van der Waals surface area contributed by atoms with Gasteiger partial charge in [-0.25, -0.2) is 4.98 Å². The standard InChI is InChI=1S/C11H16BNO3S/c1-7(14)9-13-8(6-17-9)12-15-10(2,3)11(4,5)16-12/h6H,1-5H3. The maximum atomic E-state index is 11.2. The smallest absolute Gasteiger partial charge is 0.398 e. The minimum absolute atomic E-state index is 0.0298. The second-order valence-corrected chi connectivity index (χ2v) is 6.08. The molecule has 92 valence electrons. The summed E-state index contributed by atoms with van der Waals surface area (Å²) in [5.74, 6) is -0.0298. The molecule has 0 aromatic carbocycles. The van der Waals surface area contributed by atoms with E-state index >= 15 is 0 Å². The van der Waals surface area contributed by atoms with Crippen molar-refractivity contribution in [2.45, 2.75) is 45.8 Å². The lowest BCUT2D eigenvalue weighted by Gasteiger charge is -2.32. The lowest BCUT2D eigenvalue weighted by molar-refractivity contribution is 0.00578. The summed E-state index contributed by atoms with van der Waals surface area (Å²) in [5.41, 5.74) is -0.0751. The summed E-state index contributed by atoms with van der Waals surface area (Å²) in [6.45, 7) is 9.47. The molecule has 6 heteroatoms. The van der Waals surface area contributed by atoms with Crippen molar-refractivity contribution in [2.24, 2.45) is 0 Å². The molecule has 0 radical (unpaired) electrons. The van der Waals surface area contributed by atoms with Gasteiger partial charge in [0.1, 0.15) is 0 Å². The van der Waals surface area contributed by atoms with Crippen LogP contribution in [0.5, 0.6) is 0 Å². The van der Waals surface area contributed by atoms with Crippen LogP contribution < -0.4 is 5.59 Å². The van der Waals surface area contributed by atoms with Crippen molar-refractivity contribution >= 4 is 29.8 Å². The zero-order chi connectivity index (χ0) is 12.8. The van der Waals surface area contributed by atoms with Gasteiger partial charge < -0.3 is 9.31 Å². The average Bonchev–Trinajstić information content (AvgIpc) is 2.70. The zero-order valence-corrected chi connectivity index (χ0v) is 11.6. The number of thiazole rings is 1. The van der Waals surface area contributed by atoms with Crippen LogP contribution in [-0.2, 0) is 9.31 Å². The van der Waals surface area contributed by atoms with E-state index in [0.717, 1.165) is 0 Å². The van der Waals surface area contributed by atoms with Crippen LogP contribution in [0.4, 0.5) is 0 Å². The van der Waals surface area contributed by atoms with Crippen LogP contribution in [0.15, 0.2) is 5.38 Å². The first-order valence-corrected chi connectivity index (χ1v) is 6.43. The molecule has 0 atom stereocenters. The molecule has 0 saturated carbocycles. The summed E-state index contributed by atoms with van der Waals surface area (Å²) < 4.78 is 11.7. The van der Waals surface area contributed by atoms with Gasteiger partial charge in [0, 0.05) is 12.3 Å². The molecule has 0 N–H and O–H groups in total. The maximum absolute atomic E-state index is 11.2. The van der Waals surface area contributed by atoms with Crippen LogP contribution in [-0.4, -0.2) is 29.1 Å². The van der Waals surface area contributed by atoms with Crippen molar-refractivity contribution in [1.29, 1.82) is 0 Å². The van der Waals surface area contributed by atoms with E-state index in [-0.39, 0.29) is 17.0 Å². The third kappa shape index (κ3) is 2.17. The number of carbonyl (C=O) groups is 1. The van der Waals surface area contributed by atoms with E-state index < -0.39 is 7.12 Å². The summed E-state index contributed by atoms with van der Waals surface area (Å²) in [7, 11) is -0.482. The molecular formula is C11H16BNO3S. The van der Waals surface area contributed by atoms with Gasteiger partial charge in [-0.05, 0) is 27.7 Å². The highest BCUT2D eigenvalue weighted by Crippen LogP contribution is 2.36. The molecule has 1 aliphatic rings. The molecule has 0 aliphatic carbocycles. The molecule has 4 nitrogen and oxygen atoms in total. The summed E-state index contributed by atoms with van der Waals surface area (Å²) in [6.07, 6.45) is 0. The minimum atomic E-state index is -0.482. The SMILES string of the molecule is CC(=O)c1nc(B2OC(C)(C)C(C)(C)O2)cs1. The number of ketones is 1. The predicted molar refractivity (Wildman–Crippen MR) is 67.8 cm³/mol. The van der Waals surface area contributed by atoms with E-state index in [4.69, 9.17) is 9.31 Å². The third-order valence-corrected chi connectivity index (χ3v) is 4.28. The molecule has 0 bridgehead atoms. The fraction of sp³-hybridized carbons (Fsp3) is 0.636. The normalized spacial score (nSPS) is 21.8. The van der Waals surface area contributed by atoms with Gasteiger partial charge in [0.15, 0.2) is 10.8 Å². The molecule has 2 heterocycles. The van der Waals surface area contributed by atoms with E-state index in [2.05, 4.69) is 4.98 Å². The second-order valence-electron chi connectivity index (χ2n) is 5.22. The van der Waals surface area contributed by atoms with E-state index in [1.165, 1.54) is 18.3 Å². The van der Waals surface area contributed by atoms with Crippen molar-refractivity contribution in [3.8, 4) is 0 Å². The van der Waals surface area contributed by atoms with Gasteiger partial charge in [0.25, 0.3) is 0 Å². The summed E-state index contributed by atoms with van der Waals surface area (Å²) in [5, 5.41) is 2.31. The van der Waals surface area contributed by atoms with E-state index in [1.807, 2.05) is 33.1 Å². The van der Waals surface area contributed by atoms with Gasteiger partial charge in [-0.2, -0.15) is 0 Å². The first-order chi connectivity index (χ1) is 7.73. The van der Waals surface area contributed by atoms with Crippen molar-refractivity contribution in [3.05, 3.63) is 10.4 Å². The molecule has 0 unspecified atom stereocenters. The molecule has 0 amide bonds. The summed E-state index contributed by atoms with van der Waals surface area (Å²) >= 11 is 1.32. The van der Waals surface area contributed by atoms with Gasteiger partial charge >= 0.3 is 7.12 Å². The number of rotatable bonds is 2. The van der Waals surface area contributed by atoms with Gasteiger partial charge in [-0.1, -0.05) is 0 Å². The molecule has 1 aliphatic heterocycles. The Kier molecular flexibility index (Phi) is 2.92. The van der Waals surface area contributed by atoms with Crippen molar-refractivity contribution in [2.75, 3.05) is 0 Å². The van der Waals surface area contributed by atoms with Gasteiger partial charge in [0.2, 0.25) is 0 Å². The molecule has 1 aromatic rings. The highest BCUT2D eigenvalue weighted by Gasteiger charge is 2.52. The molecule has 1 fully saturated rings. The lowest BCUT2D eigenvalue weighted by Crippen LogP contribution is -2.41. The fourth-order valence-electron chi connectivity index (χ4n) is 1.52. The first-order valence-electron chi connectivity index (χ1n) is 5.55. The Morgan fingerprint density at radius 3 is 2.24 bits per heavy atom. The van der Waals surface area contributed by atoms with Crippen LogP contribution in [0.3, 0.4) is 0 Å². The first kappa shape index (κ1) is 12.7. The summed E-state index contributed by atoms with van der Waals surface area (Å²) in [4.78, 5) is 15.4. The fourth-order valence-corrected chi connectivity index (χ4v) is 2.24. The largest absolute Gasteiger partial charge is 0.515 e. The quantitative estimate of drug-likeness (QED) is 0.594. The van der Waals surface area contributed by atoms with E-state index in [0.29, 0.717) is 10.6 Å². The second kappa shape index (κ2) is 3.90. The monoisotopic (exact) mass is 253 g/mol. The van der Waals surface area contributed by atoms with Crippen LogP contribution in [0.2, 0.25) is 0 Å². The van der Waals surface area contributed by atoms with Crippen molar-refractivity contribution in [3.63, 3.8) is 0 Å². The highest BCUT2D eigenvalue weighted by atomic mass is 32.1. The van der Waals surface area contributed by atoms with Gasteiger partial charge in [0.05, 0.1) is 16.8 Å². The van der Waals surface area contributed by atoms with E-state index in [9.17, 15) is 4.79 Å². The van der Waals surface area contributed by atoms with Crippen molar-refractivity contribution in [1.82, 2.24) is 4.98 Å². The lowest BCUT2D eigenvalue weighted by atomic mass is 9.86. The maximum Gasteiger partial charge on any atom is 0.515 e. The molecule has 1 saturated heterocycles. The number of aromatic nitrogens is 1.